The lowest BCUT2D eigenvalue weighted by Crippen LogP contribution is -2.47. The number of nitrogens with two attached hydrogens (primary N) is 2. The van der Waals surface area contributed by atoms with Crippen LogP contribution in [-0.2, 0) is 11.2 Å². The monoisotopic (exact) mass is 461 g/mol. The van der Waals surface area contributed by atoms with Gasteiger partial charge in [0.2, 0.25) is 0 Å². The van der Waals surface area contributed by atoms with Crippen LogP contribution in [0.5, 0.6) is 5.75 Å². The molecule has 1 unspecified atom stereocenters. The van der Waals surface area contributed by atoms with E-state index in [1.165, 1.54) is 0 Å². The summed E-state index contributed by atoms with van der Waals surface area (Å²) in [7, 11) is 0. The normalized spacial score (nSPS) is 21.0. The molecule has 1 fully saturated rings. The van der Waals surface area contributed by atoms with Gasteiger partial charge in [0.1, 0.15) is 17.4 Å². The van der Waals surface area contributed by atoms with Crippen LogP contribution in [0.1, 0.15) is 48.2 Å². The number of aromatic amines is 1. The van der Waals surface area contributed by atoms with Gasteiger partial charge in [0.05, 0.1) is 18.3 Å². The van der Waals surface area contributed by atoms with Crippen LogP contribution in [-0.4, -0.2) is 57.8 Å². The maximum absolute atomic E-state index is 11.5. The third-order valence-electron chi connectivity index (χ3n) is 6.95. The van der Waals surface area contributed by atoms with E-state index in [2.05, 4.69) is 27.0 Å². The molecule has 1 atom stereocenters. The molecule has 4 heterocycles. The number of hydrogen-bond donors (Lipinski definition) is 5. The summed E-state index contributed by atoms with van der Waals surface area (Å²) in [6.45, 7) is 5.06. The molecule has 1 aromatic carbocycles. The number of anilines is 1. The Morgan fingerprint density at radius 2 is 1.97 bits per heavy atom. The van der Waals surface area contributed by atoms with Crippen molar-refractivity contribution in [1.29, 1.82) is 0 Å². The number of ketones is 1. The zero-order valence-corrected chi connectivity index (χ0v) is 19.3. The number of phenolic OH excluding ortho intramolecular Hbond substituents is 1. The SMILES string of the molecule is CC1c2c([nH]c(N)c2/C=C(\N)c2ccccc2O)CCN1C1=NCC(N2CCC(=O)CC2)=CN1. The lowest BCUT2D eigenvalue weighted by Gasteiger charge is -2.38. The van der Waals surface area contributed by atoms with Crippen LogP contribution in [0.4, 0.5) is 5.82 Å². The number of carbonyl (C=O) groups excluding carboxylic acids is 1. The smallest absolute Gasteiger partial charge is 0.198 e. The topological polar surface area (TPSA) is 136 Å². The van der Waals surface area contributed by atoms with Gasteiger partial charge < -0.3 is 36.7 Å². The van der Waals surface area contributed by atoms with E-state index < -0.39 is 0 Å². The Labute approximate surface area is 198 Å². The van der Waals surface area contributed by atoms with Crippen LogP contribution in [0.15, 0.2) is 41.2 Å². The number of nitrogens with zero attached hydrogens (tertiary/aromatic N) is 3. The fourth-order valence-electron chi connectivity index (χ4n) is 5.06. The van der Waals surface area contributed by atoms with Crippen molar-refractivity contribution in [3.8, 4) is 5.75 Å². The molecule has 0 radical (unpaired) electrons. The van der Waals surface area contributed by atoms with Gasteiger partial charge in [0.25, 0.3) is 0 Å². The Balaban J connectivity index is 1.36. The number of H-pyrrole nitrogens is 1. The van der Waals surface area contributed by atoms with Crippen LogP contribution in [0.25, 0.3) is 11.8 Å². The van der Waals surface area contributed by atoms with Crippen LogP contribution in [0.2, 0.25) is 0 Å². The van der Waals surface area contributed by atoms with E-state index >= 15 is 0 Å². The van der Waals surface area contributed by atoms with Crippen molar-refractivity contribution in [2.45, 2.75) is 32.2 Å². The fraction of sp³-hybridized carbons (Fsp3) is 0.360. The lowest BCUT2D eigenvalue weighted by molar-refractivity contribution is -0.121. The fourth-order valence-corrected chi connectivity index (χ4v) is 5.06. The number of aliphatic imine (C=N–C) groups is 1. The van der Waals surface area contributed by atoms with E-state index in [9.17, 15) is 9.90 Å². The van der Waals surface area contributed by atoms with Crippen molar-refractivity contribution in [3.63, 3.8) is 0 Å². The molecule has 9 nitrogen and oxygen atoms in total. The minimum Gasteiger partial charge on any atom is -0.507 e. The average Bonchev–Trinajstić information content (AvgIpc) is 3.16. The summed E-state index contributed by atoms with van der Waals surface area (Å²) in [5.41, 5.74) is 17.9. The maximum atomic E-state index is 11.5. The molecule has 0 saturated carbocycles. The number of aromatic nitrogens is 1. The molecule has 7 N–H and O–H groups in total. The van der Waals surface area contributed by atoms with Crippen molar-refractivity contribution < 1.29 is 9.90 Å². The molecule has 1 saturated heterocycles. The Morgan fingerprint density at radius 3 is 2.68 bits per heavy atom. The predicted molar refractivity (Wildman–Crippen MR) is 134 cm³/mol. The molecule has 178 valence electrons. The van der Waals surface area contributed by atoms with Gasteiger partial charge >= 0.3 is 0 Å². The summed E-state index contributed by atoms with van der Waals surface area (Å²) >= 11 is 0. The standard InChI is InChI=1S/C25H31N7O2/c1-15-23-19(12-20(26)18-4-2-3-5-22(18)34)24(27)30-21(23)8-11-32(15)25-28-13-16(14-29-25)31-9-6-17(33)7-10-31/h2-5,12-13,15,30,34H,6-11,14,26-27H2,1H3,(H,28,29)/b20-12-. The number of rotatable bonds is 3. The largest absolute Gasteiger partial charge is 0.507 e. The molecule has 5 rings (SSSR count). The van der Waals surface area contributed by atoms with E-state index in [0.29, 0.717) is 42.2 Å². The molecule has 2 aromatic rings. The Kier molecular flexibility index (Phi) is 5.69. The van der Waals surface area contributed by atoms with E-state index in [1.807, 2.05) is 18.3 Å². The first-order chi connectivity index (χ1) is 16.4. The number of carbonyl (C=O) groups is 1. The third-order valence-corrected chi connectivity index (χ3v) is 6.95. The second kappa shape index (κ2) is 8.81. The number of nitrogen functional groups attached to an aromatic ring is 1. The zero-order valence-electron chi connectivity index (χ0n) is 19.3. The summed E-state index contributed by atoms with van der Waals surface area (Å²) in [6, 6.07) is 7.03. The quantitative estimate of drug-likeness (QED) is 0.472. The van der Waals surface area contributed by atoms with Gasteiger partial charge in [-0.3, -0.25) is 4.79 Å². The summed E-state index contributed by atoms with van der Waals surface area (Å²) in [5, 5.41) is 13.6. The molecular formula is C25H31N7O2. The first kappa shape index (κ1) is 21.9. The van der Waals surface area contributed by atoms with Crippen molar-refractivity contribution in [2.75, 3.05) is 31.9 Å². The molecule has 3 aliphatic rings. The van der Waals surface area contributed by atoms with Crippen LogP contribution in [0, 0.1) is 0 Å². The van der Waals surface area contributed by atoms with Gasteiger partial charge in [-0.2, -0.15) is 0 Å². The van der Waals surface area contributed by atoms with E-state index in [1.54, 1.807) is 18.2 Å². The number of guanidine groups is 1. The van der Waals surface area contributed by atoms with Crippen molar-refractivity contribution in [1.82, 2.24) is 20.1 Å². The number of fused-ring (bicyclic) bond motifs is 1. The van der Waals surface area contributed by atoms with E-state index in [-0.39, 0.29) is 11.8 Å². The van der Waals surface area contributed by atoms with Gasteiger partial charge in [-0.15, -0.1) is 0 Å². The number of piperidine rings is 1. The molecule has 1 aromatic heterocycles. The minimum absolute atomic E-state index is 0.0227. The lowest BCUT2D eigenvalue weighted by atomic mass is 9.95. The number of nitrogens with one attached hydrogen (secondary N) is 2. The highest BCUT2D eigenvalue weighted by molar-refractivity contribution is 5.87. The Hall–Kier alpha value is -3.88. The molecule has 0 spiro atoms. The summed E-state index contributed by atoms with van der Waals surface area (Å²) in [5.74, 6) is 1.87. The molecule has 0 aliphatic carbocycles. The molecule has 34 heavy (non-hydrogen) atoms. The molecule has 0 amide bonds. The highest BCUT2D eigenvalue weighted by Gasteiger charge is 2.32. The number of hydrogen-bond acceptors (Lipinski definition) is 8. The summed E-state index contributed by atoms with van der Waals surface area (Å²) < 4.78 is 0. The first-order valence-electron chi connectivity index (χ1n) is 11.7. The van der Waals surface area contributed by atoms with Crippen molar-refractivity contribution in [3.05, 3.63) is 58.5 Å². The minimum atomic E-state index is 0.0227. The number of likely N-dealkylation sites (tertiary alicyclic amines) is 1. The number of phenols is 1. The van der Waals surface area contributed by atoms with Crippen molar-refractivity contribution in [2.24, 2.45) is 10.7 Å². The molecule has 3 aliphatic heterocycles. The molecule has 9 heteroatoms. The average molecular weight is 462 g/mol. The summed E-state index contributed by atoms with van der Waals surface area (Å²) in [4.78, 5) is 24.2. The second-order valence-electron chi connectivity index (χ2n) is 9.03. The summed E-state index contributed by atoms with van der Waals surface area (Å²) in [6.07, 6.45) is 5.87. The van der Waals surface area contributed by atoms with Crippen molar-refractivity contribution >= 4 is 29.3 Å². The van der Waals surface area contributed by atoms with Gasteiger partial charge in [0, 0.05) is 73.2 Å². The number of para-hydroxylation sites is 1. The number of aromatic hydroxyl groups is 1. The Morgan fingerprint density at radius 1 is 1.21 bits per heavy atom. The zero-order chi connectivity index (χ0) is 23.8. The predicted octanol–water partition coefficient (Wildman–Crippen LogP) is 2.14. The van der Waals surface area contributed by atoms with Gasteiger partial charge in [-0.25, -0.2) is 4.99 Å². The van der Waals surface area contributed by atoms with E-state index in [0.717, 1.165) is 54.5 Å². The third kappa shape index (κ3) is 3.98. The van der Waals surface area contributed by atoms with E-state index in [4.69, 9.17) is 16.5 Å². The number of Topliss-reactive ketones (excluding diaryl/α,β-unsaturated/α-hetero) is 1. The van der Waals surface area contributed by atoms with Crippen LogP contribution < -0.4 is 16.8 Å². The van der Waals surface area contributed by atoms with Crippen LogP contribution >= 0.6 is 0 Å². The van der Waals surface area contributed by atoms with Crippen LogP contribution in [0.3, 0.4) is 0 Å². The number of benzene rings is 1. The second-order valence-corrected chi connectivity index (χ2v) is 9.03. The maximum Gasteiger partial charge on any atom is 0.198 e. The van der Waals surface area contributed by atoms with Gasteiger partial charge in [0.15, 0.2) is 5.96 Å². The Bertz CT molecular complexity index is 1200. The van der Waals surface area contributed by atoms with Gasteiger partial charge in [-0.05, 0) is 25.1 Å². The highest BCUT2D eigenvalue weighted by Crippen LogP contribution is 2.37. The first-order valence-corrected chi connectivity index (χ1v) is 11.7. The molecule has 0 bridgehead atoms. The molecular weight excluding hydrogens is 430 g/mol. The van der Waals surface area contributed by atoms with Gasteiger partial charge in [-0.1, -0.05) is 12.1 Å². The highest BCUT2D eigenvalue weighted by atomic mass is 16.3.